The van der Waals surface area contributed by atoms with Gasteiger partial charge >= 0.3 is 0 Å². The number of thiazole rings is 1. The van der Waals surface area contributed by atoms with Crippen molar-refractivity contribution in [3.05, 3.63) is 16.1 Å². The summed E-state index contributed by atoms with van der Waals surface area (Å²) in [5.41, 5.74) is 1.16. The van der Waals surface area contributed by atoms with Crippen molar-refractivity contribution in [2.75, 3.05) is 20.1 Å². The van der Waals surface area contributed by atoms with Crippen molar-refractivity contribution in [2.45, 2.75) is 26.2 Å². The molecule has 2 N–H and O–H groups in total. The summed E-state index contributed by atoms with van der Waals surface area (Å²) in [5, 5.41) is 9.92. The standard InChI is InChI=1S/C12H20N4S.HI/c1-9-16-11(8-17-9)5-6-14-12(13-2)15-7-10-3-4-10;/h8,10H,3-7H2,1-2H3,(H2,13,14,15);1H. The maximum absolute atomic E-state index is 4.44. The second-order valence-electron chi connectivity index (χ2n) is 4.43. The molecule has 1 fully saturated rings. The van der Waals surface area contributed by atoms with Gasteiger partial charge in [-0.15, -0.1) is 35.3 Å². The molecular weight excluding hydrogens is 359 g/mol. The number of nitrogens with one attached hydrogen (secondary N) is 2. The van der Waals surface area contributed by atoms with E-state index in [1.54, 1.807) is 11.3 Å². The quantitative estimate of drug-likeness (QED) is 0.468. The van der Waals surface area contributed by atoms with E-state index < -0.39 is 0 Å². The lowest BCUT2D eigenvalue weighted by molar-refractivity contribution is 0.732. The van der Waals surface area contributed by atoms with E-state index in [2.05, 4.69) is 26.0 Å². The van der Waals surface area contributed by atoms with Crippen molar-refractivity contribution in [3.8, 4) is 0 Å². The normalized spacial score (nSPS) is 15.1. The zero-order valence-corrected chi connectivity index (χ0v) is 14.0. The molecule has 102 valence electrons. The monoisotopic (exact) mass is 380 g/mol. The number of rotatable bonds is 5. The molecule has 0 spiro atoms. The Kier molecular flexibility index (Phi) is 6.91. The van der Waals surface area contributed by atoms with Gasteiger partial charge in [-0.1, -0.05) is 0 Å². The highest BCUT2D eigenvalue weighted by Crippen LogP contribution is 2.27. The highest BCUT2D eigenvalue weighted by molar-refractivity contribution is 14.0. The Morgan fingerprint density at radius 2 is 2.28 bits per heavy atom. The van der Waals surface area contributed by atoms with E-state index in [1.165, 1.54) is 12.8 Å². The minimum Gasteiger partial charge on any atom is -0.356 e. The van der Waals surface area contributed by atoms with Crippen LogP contribution in [-0.4, -0.2) is 31.1 Å². The molecule has 0 bridgehead atoms. The molecule has 0 amide bonds. The lowest BCUT2D eigenvalue weighted by atomic mass is 10.3. The largest absolute Gasteiger partial charge is 0.356 e. The summed E-state index contributed by atoms with van der Waals surface area (Å²) in [4.78, 5) is 8.64. The topological polar surface area (TPSA) is 49.3 Å². The first-order chi connectivity index (χ1) is 8.28. The molecule has 1 aliphatic rings. The minimum absolute atomic E-state index is 0. The van der Waals surface area contributed by atoms with Crippen LogP contribution in [0.3, 0.4) is 0 Å². The first kappa shape index (κ1) is 15.7. The average Bonchev–Trinajstić information content (AvgIpc) is 3.06. The Morgan fingerprint density at radius 1 is 1.50 bits per heavy atom. The van der Waals surface area contributed by atoms with Gasteiger partial charge in [-0.3, -0.25) is 4.99 Å². The van der Waals surface area contributed by atoms with Crippen molar-refractivity contribution in [1.29, 1.82) is 0 Å². The minimum atomic E-state index is 0. The van der Waals surface area contributed by atoms with E-state index in [4.69, 9.17) is 0 Å². The molecule has 0 aromatic carbocycles. The number of nitrogens with zero attached hydrogens (tertiary/aromatic N) is 2. The Morgan fingerprint density at radius 3 is 2.83 bits per heavy atom. The van der Waals surface area contributed by atoms with Crippen LogP contribution in [0.4, 0.5) is 0 Å². The molecule has 18 heavy (non-hydrogen) atoms. The van der Waals surface area contributed by atoms with Crippen LogP contribution in [0, 0.1) is 12.8 Å². The Hall–Kier alpha value is -0.370. The zero-order valence-electron chi connectivity index (χ0n) is 10.9. The number of aromatic nitrogens is 1. The third kappa shape index (κ3) is 5.51. The molecule has 4 nitrogen and oxygen atoms in total. The van der Waals surface area contributed by atoms with E-state index in [-0.39, 0.29) is 24.0 Å². The lowest BCUT2D eigenvalue weighted by Gasteiger charge is -2.10. The summed E-state index contributed by atoms with van der Waals surface area (Å²) in [6, 6.07) is 0. The van der Waals surface area contributed by atoms with E-state index in [9.17, 15) is 0 Å². The summed E-state index contributed by atoms with van der Waals surface area (Å²) in [6.07, 6.45) is 3.68. The molecule has 0 atom stereocenters. The fourth-order valence-electron chi connectivity index (χ4n) is 1.62. The van der Waals surface area contributed by atoms with Crippen molar-refractivity contribution in [3.63, 3.8) is 0 Å². The molecule has 1 saturated carbocycles. The molecule has 1 aromatic rings. The second kappa shape index (κ2) is 7.93. The predicted molar refractivity (Wildman–Crippen MR) is 88.1 cm³/mol. The maximum Gasteiger partial charge on any atom is 0.190 e. The fourth-order valence-corrected chi connectivity index (χ4v) is 2.26. The van der Waals surface area contributed by atoms with E-state index >= 15 is 0 Å². The van der Waals surface area contributed by atoms with Crippen molar-refractivity contribution in [2.24, 2.45) is 10.9 Å². The zero-order chi connectivity index (χ0) is 12.1. The number of hydrogen-bond donors (Lipinski definition) is 2. The van der Waals surface area contributed by atoms with Gasteiger partial charge in [0.1, 0.15) is 0 Å². The van der Waals surface area contributed by atoms with Crippen molar-refractivity contribution in [1.82, 2.24) is 15.6 Å². The van der Waals surface area contributed by atoms with Crippen LogP contribution in [0.15, 0.2) is 10.4 Å². The van der Waals surface area contributed by atoms with Crippen LogP contribution in [0.2, 0.25) is 0 Å². The second-order valence-corrected chi connectivity index (χ2v) is 5.49. The van der Waals surface area contributed by atoms with Gasteiger partial charge in [0.25, 0.3) is 0 Å². The maximum atomic E-state index is 4.44. The molecule has 0 radical (unpaired) electrons. The fraction of sp³-hybridized carbons (Fsp3) is 0.667. The van der Waals surface area contributed by atoms with Crippen molar-refractivity contribution < 1.29 is 0 Å². The van der Waals surface area contributed by atoms with E-state index in [1.807, 2.05) is 14.0 Å². The third-order valence-electron chi connectivity index (χ3n) is 2.82. The molecule has 1 aliphatic carbocycles. The first-order valence-electron chi connectivity index (χ1n) is 6.13. The molecule has 0 unspecified atom stereocenters. The summed E-state index contributed by atoms with van der Waals surface area (Å²) in [5.74, 6) is 1.78. The Labute approximate surface area is 130 Å². The molecule has 1 aromatic heterocycles. The molecular formula is C12H21IN4S. The predicted octanol–water partition coefficient (Wildman–Crippen LogP) is 2.19. The summed E-state index contributed by atoms with van der Waals surface area (Å²) >= 11 is 1.71. The number of aliphatic imine (C=N–C) groups is 1. The van der Waals surface area contributed by atoms with Crippen LogP contribution in [0.1, 0.15) is 23.5 Å². The van der Waals surface area contributed by atoms with Crippen LogP contribution in [0.5, 0.6) is 0 Å². The number of guanidine groups is 1. The average molecular weight is 380 g/mol. The highest BCUT2D eigenvalue weighted by Gasteiger charge is 2.20. The van der Waals surface area contributed by atoms with Crippen LogP contribution in [-0.2, 0) is 6.42 Å². The first-order valence-corrected chi connectivity index (χ1v) is 7.01. The molecule has 0 saturated heterocycles. The van der Waals surface area contributed by atoms with E-state index in [0.717, 1.165) is 42.1 Å². The van der Waals surface area contributed by atoms with Crippen LogP contribution >= 0.6 is 35.3 Å². The summed E-state index contributed by atoms with van der Waals surface area (Å²) in [7, 11) is 1.81. The lowest BCUT2D eigenvalue weighted by Crippen LogP contribution is -2.39. The molecule has 6 heteroatoms. The van der Waals surface area contributed by atoms with Gasteiger partial charge in [0.15, 0.2) is 5.96 Å². The molecule has 0 aliphatic heterocycles. The van der Waals surface area contributed by atoms with Crippen LogP contribution in [0.25, 0.3) is 0 Å². The van der Waals surface area contributed by atoms with Gasteiger partial charge in [-0.05, 0) is 25.7 Å². The summed E-state index contributed by atoms with van der Waals surface area (Å²) in [6.45, 7) is 3.97. The van der Waals surface area contributed by atoms with Gasteiger partial charge in [-0.2, -0.15) is 0 Å². The van der Waals surface area contributed by atoms with Gasteiger partial charge in [0.05, 0.1) is 10.7 Å². The SMILES string of the molecule is CN=C(NCCc1csc(C)n1)NCC1CC1.I. The van der Waals surface area contributed by atoms with Gasteiger partial charge in [-0.25, -0.2) is 4.98 Å². The van der Waals surface area contributed by atoms with Gasteiger partial charge < -0.3 is 10.6 Å². The number of halogens is 1. The van der Waals surface area contributed by atoms with Gasteiger partial charge in [0.2, 0.25) is 0 Å². The smallest absolute Gasteiger partial charge is 0.190 e. The Balaban J connectivity index is 0.00000162. The molecule has 1 heterocycles. The highest BCUT2D eigenvalue weighted by atomic mass is 127. The third-order valence-corrected chi connectivity index (χ3v) is 3.64. The van der Waals surface area contributed by atoms with Crippen LogP contribution < -0.4 is 10.6 Å². The molecule has 2 rings (SSSR count). The van der Waals surface area contributed by atoms with E-state index in [0.29, 0.717) is 0 Å². The number of aryl methyl sites for hydroxylation is 1. The summed E-state index contributed by atoms with van der Waals surface area (Å²) < 4.78 is 0. The van der Waals surface area contributed by atoms with Crippen molar-refractivity contribution >= 4 is 41.3 Å². The Bertz CT molecular complexity index is 387. The van der Waals surface area contributed by atoms with Gasteiger partial charge in [0, 0.05) is 31.9 Å². The number of hydrogen-bond acceptors (Lipinski definition) is 3.